The van der Waals surface area contributed by atoms with E-state index >= 15 is 0 Å². The highest BCUT2D eigenvalue weighted by Crippen LogP contribution is 2.48. The number of rotatable bonds is 6. The lowest BCUT2D eigenvalue weighted by molar-refractivity contribution is -0.121. The van der Waals surface area contributed by atoms with Crippen molar-refractivity contribution in [2.45, 2.75) is 31.1 Å². The van der Waals surface area contributed by atoms with E-state index in [2.05, 4.69) is 5.32 Å². The fourth-order valence-electron chi connectivity index (χ4n) is 2.85. The van der Waals surface area contributed by atoms with Crippen LogP contribution in [0.15, 0.2) is 30.3 Å². The normalized spacial score (nSPS) is 20.3. The maximum Gasteiger partial charge on any atom is 0.242 e. The van der Waals surface area contributed by atoms with Crippen LogP contribution in [0.1, 0.15) is 36.6 Å². The van der Waals surface area contributed by atoms with Gasteiger partial charge in [0.05, 0.1) is 0 Å². The van der Waals surface area contributed by atoms with Gasteiger partial charge in [0, 0.05) is 6.54 Å². The van der Waals surface area contributed by atoms with Crippen molar-refractivity contribution in [2.75, 3.05) is 6.54 Å². The molecule has 0 spiro atoms. The smallest absolute Gasteiger partial charge is 0.242 e. The zero-order chi connectivity index (χ0) is 13.2. The van der Waals surface area contributed by atoms with E-state index in [4.69, 9.17) is 11.6 Å². The number of hydrogen-bond donors (Lipinski definition) is 1. The summed E-state index contributed by atoms with van der Waals surface area (Å²) >= 11 is 6.22. The molecule has 1 atom stereocenters. The molecule has 1 unspecified atom stereocenters. The van der Waals surface area contributed by atoms with Gasteiger partial charge in [0.1, 0.15) is 5.38 Å². The van der Waals surface area contributed by atoms with Gasteiger partial charge in [-0.3, -0.25) is 4.79 Å². The van der Waals surface area contributed by atoms with Crippen molar-refractivity contribution in [3.05, 3.63) is 35.9 Å². The highest BCUT2D eigenvalue weighted by Gasteiger charge is 2.41. The maximum absolute atomic E-state index is 12.1. The van der Waals surface area contributed by atoms with E-state index in [0.29, 0.717) is 5.92 Å². The van der Waals surface area contributed by atoms with Crippen LogP contribution in [0.5, 0.6) is 0 Å². The summed E-state index contributed by atoms with van der Waals surface area (Å²) in [6, 6.07) is 9.55. The number of carbonyl (C=O) groups excluding carboxylic acids is 1. The molecule has 1 amide bonds. The second-order valence-electron chi connectivity index (χ2n) is 5.86. The fraction of sp³-hybridized carbons (Fsp3) is 0.562. The highest BCUT2D eigenvalue weighted by molar-refractivity contribution is 6.30. The second kappa shape index (κ2) is 5.54. The first-order valence-corrected chi connectivity index (χ1v) is 7.66. The van der Waals surface area contributed by atoms with Gasteiger partial charge in [0.2, 0.25) is 5.91 Å². The molecule has 2 saturated carbocycles. The molecule has 0 saturated heterocycles. The first-order valence-electron chi connectivity index (χ1n) is 7.22. The lowest BCUT2D eigenvalue weighted by Crippen LogP contribution is -2.33. The zero-order valence-electron chi connectivity index (χ0n) is 11.0. The average Bonchev–Trinajstić information content (AvgIpc) is 3.31. The van der Waals surface area contributed by atoms with Crippen molar-refractivity contribution >= 4 is 17.5 Å². The summed E-state index contributed by atoms with van der Waals surface area (Å²) in [5.74, 6) is 2.36. The minimum Gasteiger partial charge on any atom is -0.354 e. The Labute approximate surface area is 119 Å². The topological polar surface area (TPSA) is 29.1 Å². The van der Waals surface area contributed by atoms with Gasteiger partial charge in [0.15, 0.2) is 0 Å². The van der Waals surface area contributed by atoms with Crippen LogP contribution in [0.25, 0.3) is 0 Å². The third-order valence-electron chi connectivity index (χ3n) is 4.29. The molecule has 0 bridgehead atoms. The van der Waals surface area contributed by atoms with Crippen molar-refractivity contribution in [1.82, 2.24) is 5.32 Å². The van der Waals surface area contributed by atoms with Crippen molar-refractivity contribution in [2.24, 2.45) is 17.8 Å². The van der Waals surface area contributed by atoms with Crippen LogP contribution in [0.3, 0.4) is 0 Å². The largest absolute Gasteiger partial charge is 0.354 e. The molecule has 2 aliphatic carbocycles. The van der Waals surface area contributed by atoms with Crippen molar-refractivity contribution in [1.29, 1.82) is 0 Å². The van der Waals surface area contributed by atoms with Crippen molar-refractivity contribution < 1.29 is 4.79 Å². The third-order valence-corrected chi connectivity index (χ3v) is 4.74. The molecule has 3 rings (SSSR count). The maximum atomic E-state index is 12.1. The lowest BCUT2D eigenvalue weighted by Gasteiger charge is -2.18. The summed E-state index contributed by atoms with van der Waals surface area (Å²) in [7, 11) is 0. The number of hydrogen-bond acceptors (Lipinski definition) is 1. The van der Waals surface area contributed by atoms with Crippen LogP contribution in [-0.2, 0) is 4.79 Å². The van der Waals surface area contributed by atoms with E-state index in [9.17, 15) is 4.79 Å². The lowest BCUT2D eigenvalue weighted by atomic mass is 9.98. The Bertz CT molecular complexity index is 427. The SMILES string of the molecule is O=C(NCC(C1CC1)C1CC1)C(Cl)c1ccccc1. The number of nitrogens with one attached hydrogen (secondary N) is 1. The van der Waals surface area contributed by atoms with Gasteiger partial charge >= 0.3 is 0 Å². The van der Waals surface area contributed by atoms with E-state index in [1.165, 1.54) is 25.7 Å². The Hall–Kier alpha value is -1.02. The number of benzene rings is 1. The molecule has 3 heteroatoms. The Balaban J connectivity index is 1.53. The predicted octanol–water partition coefficient (Wildman–Crippen LogP) is 3.52. The molecule has 0 radical (unpaired) electrons. The van der Waals surface area contributed by atoms with Gasteiger partial charge in [-0.15, -0.1) is 11.6 Å². The Morgan fingerprint density at radius 1 is 1.16 bits per heavy atom. The molecule has 2 aliphatic rings. The van der Waals surface area contributed by atoms with E-state index in [1.807, 2.05) is 30.3 Å². The fourth-order valence-corrected chi connectivity index (χ4v) is 3.07. The van der Waals surface area contributed by atoms with Crippen LogP contribution in [-0.4, -0.2) is 12.5 Å². The standard InChI is InChI=1S/C16H20ClNO/c17-15(13-4-2-1-3-5-13)16(19)18-10-14(11-6-7-11)12-8-9-12/h1-5,11-12,14-15H,6-10H2,(H,18,19). The predicted molar refractivity (Wildman–Crippen MR) is 77.0 cm³/mol. The minimum atomic E-state index is -0.569. The van der Waals surface area contributed by atoms with Crippen LogP contribution in [0, 0.1) is 17.8 Å². The summed E-state index contributed by atoms with van der Waals surface area (Å²) in [5.41, 5.74) is 0.871. The van der Waals surface area contributed by atoms with Gasteiger partial charge in [-0.25, -0.2) is 0 Å². The molecule has 1 aromatic rings. The molecular formula is C16H20ClNO. The van der Waals surface area contributed by atoms with Crippen LogP contribution < -0.4 is 5.32 Å². The van der Waals surface area contributed by atoms with E-state index in [0.717, 1.165) is 23.9 Å². The average molecular weight is 278 g/mol. The van der Waals surface area contributed by atoms with Gasteiger partial charge in [-0.2, -0.15) is 0 Å². The summed E-state index contributed by atoms with van der Waals surface area (Å²) in [4.78, 5) is 12.1. The van der Waals surface area contributed by atoms with Gasteiger partial charge in [-0.1, -0.05) is 30.3 Å². The molecule has 1 aromatic carbocycles. The molecule has 0 aliphatic heterocycles. The first kappa shape index (κ1) is 13.0. The monoisotopic (exact) mass is 277 g/mol. The van der Waals surface area contributed by atoms with Crippen LogP contribution >= 0.6 is 11.6 Å². The third kappa shape index (κ3) is 3.30. The quantitative estimate of drug-likeness (QED) is 0.792. The van der Waals surface area contributed by atoms with Crippen molar-refractivity contribution in [3.63, 3.8) is 0 Å². The number of carbonyl (C=O) groups is 1. The summed E-state index contributed by atoms with van der Waals surface area (Å²) in [6.07, 6.45) is 5.39. The molecular weight excluding hydrogens is 258 g/mol. The molecule has 2 fully saturated rings. The van der Waals surface area contributed by atoms with Gasteiger partial charge in [0.25, 0.3) is 0 Å². The van der Waals surface area contributed by atoms with E-state index < -0.39 is 5.38 Å². The number of alkyl halides is 1. The van der Waals surface area contributed by atoms with Gasteiger partial charge < -0.3 is 5.32 Å². The molecule has 2 nitrogen and oxygen atoms in total. The first-order chi connectivity index (χ1) is 9.25. The Kier molecular flexibility index (Phi) is 3.79. The Morgan fingerprint density at radius 2 is 1.74 bits per heavy atom. The molecule has 19 heavy (non-hydrogen) atoms. The summed E-state index contributed by atoms with van der Waals surface area (Å²) < 4.78 is 0. The van der Waals surface area contributed by atoms with Crippen LogP contribution in [0.2, 0.25) is 0 Å². The molecule has 0 aromatic heterocycles. The summed E-state index contributed by atoms with van der Waals surface area (Å²) in [6.45, 7) is 0.810. The highest BCUT2D eigenvalue weighted by atomic mass is 35.5. The minimum absolute atomic E-state index is 0.0563. The van der Waals surface area contributed by atoms with Crippen molar-refractivity contribution in [3.8, 4) is 0 Å². The zero-order valence-corrected chi connectivity index (χ0v) is 11.8. The second-order valence-corrected chi connectivity index (χ2v) is 6.29. The van der Waals surface area contributed by atoms with Gasteiger partial charge in [-0.05, 0) is 49.0 Å². The molecule has 102 valence electrons. The van der Waals surface area contributed by atoms with E-state index in [-0.39, 0.29) is 5.91 Å². The number of halogens is 1. The number of amides is 1. The summed E-state index contributed by atoms with van der Waals surface area (Å²) in [5, 5.41) is 2.48. The van der Waals surface area contributed by atoms with E-state index in [1.54, 1.807) is 0 Å². The van der Waals surface area contributed by atoms with Crippen LogP contribution in [0.4, 0.5) is 0 Å². The molecule has 1 N–H and O–H groups in total. The molecule has 0 heterocycles. The Morgan fingerprint density at radius 3 is 2.26 bits per heavy atom.